The van der Waals surface area contributed by atoms with Gasteiger partial charge < -0.3 is 25.1 Å². The number of nitrogens with zero attached hydrogens (tertiary/aromatic N) is 1. The maximum atomic E-state index is 12.7. The van der Waals surface area contributed by atoms with E-state index in [0.717, 1.165) is 40.3 Å². The second kappa shape index (κ2) is 14.2. The van der Waals surface area contributed by atoms with Crippen LogP contribution in [0, 0.1) is 6.92 Å². The van der Waals surface area contributed by atoms with Crippen molar-refractivity contribution in [3.05, 3.63) is 99.5 Å². The predicted octanol–water partition coefficient (Wildman–Crippen LogP) is 5.19. The van der Waals surface area contributed by atoms with Crippen molar-refractivity contribution in [1.29, 1.82) is 0 Å². The van der Waals surface area contributed by atoms with Gasteiger partial charge in [0.25, 0.3) is 5.56 Å². The lowest BCUT2D eigenvalue weighted by molar-refractivity contribution is -0.108. The molecule has 1 unspecified atom stereocenters. The number of aromatic amines is 1. The number of aldehydes is 1. The van der Waals surface area contributed by atoms with Gasteiger partial charge >= 0.3 is 6.09 Å². The van der Waals surface area contributed by atoms with Crippen LogP contribution in [-0.2, 0) is 26.1 Å². The summed E-state index contributed by atoms with van der Waals surface area (Å²) in [5.74, 6) is 0.00293. The van der Waals surface area contributed by atoms with Gasteiger partial charge in [0.1, 0.15) is 12.3 Å². The highest BCUT2D eigenvalue weighted by molar-refractivity contribution is 7.92. The molecule has 0 aliphatic carbocycles. The van der Waals surface area contributed by atoms with E-state index >= 15 is 0 Å². The summed E-state index contributed by atoms with van der Waals surface area (Å²) < 4.78 is 32.3. The smallest absolute Gasteiger partial charge is 0.411 e. The first-order valence-corrected chi connectivity index (χ1v) is 16.9. The molecule has 1 amide bonds. The number of amides is 1. The molecule has 4 N–H and O–H groups in total. The first-order valence-electron chi connectivity index (χ1n) is 15.2. The SMILES string of the molecule is CNCc1cc(NC(=O)OC[C@H](C)c2ccc(C(C=O)Nc3ccc4cc[nH]c(=O)c4c3)cc2C)ccc1N1CCCCS1(=O)=O. The van der Waals surface area contributed by atoms with Crippen LogP contribution in [0.1, 0.15) is 54.0 Å². The van der Waals surface area contributed by atoms with Gasteiger partial charge in [-0.3, -0.25) is 14.4 Å². The maximum absolute atomic E-state index is 12.7. The zero-order valence-corrected chi connectivity index (χ0v) is 26.9. The third-order valence-corrected chi connectivity index (χ3v) is 10.0. The van der Waals surface area contributed by atoms with Crippen molar-refractivity contribution in [3.8, 4) is 0 Å². The lowest BCUT2D eigenvalue weighted by Crippen LogP contribution is -2.38. The third-order valence-electron chi connectivity index (χ3n) is 8.19. The highest BCUT2D eigenvalue weighted by Gasteiger charge is 2.28. The molecule has 4 aromatic rings. The predicted molar refractivity (Wildman–Crippen MR) is 181 cm³/mol. The fourth-order valence-corrected chi connectivity index (χ4v) is 7.51. The van der Waals surface area contributed by atoms with Crippen LogP contribution in [0.25, 0.3) is 10.8 Å². The standard InChI is InChI=1S/C34H39N5O6S/c1-22-16-25(31(20-40)37-28-8-6-24-12-13-36-33(41)30(24)18-28)7-10-29(22)23(2)21-45-34(42)38-27-9-11-32(26(17-27)19-35-3)39-14-4-5-15-46(39,43)44/h6-13,16-18,20,23,31,35,37H,4-5,14-15,19,21H2,1-3H3,(H,36,41)(H,38,42)/t23-,31?/m0/s1. The molecule has 2 heterocycles. The molecule has 1 aliphatic rings. The van der Waals surface area contributed by atoms with Crippen LogP contribution in [-0.4, -0.2) is 51.7 Å². The number of aryl methyl sites for hydroxylation is 1. The number of carbonyl (C=O) groups is 2. The van der Waals surface area contributed by atoms with Crippen molar-refractivity contribution in [1.82, 2.24) is 10.3 Å². The van der Waals surface area contributed by atoms with Gasteiger partial charge in [-0.15, -0.1) is 0 Å². The molecular formula is C34H39N5O6S. The molecule has 1 aliphatic heterocycles. The Kier molecular flexibility index (Phi) is 10.1. The Bertz CT molecular complexity index is 1910. The Morgan fingerprint density at radius 3 is 2.61 bits per heavy atom. The Hall–Kier alpha value is -4.68. The summed E-state index contributed by atoms with van der Waals surface area (Å²) in [6.45, 7) is 4.89. The summed E-state index contributed by atoms with van der Waals surface area (Å²) in [6, 6.07) is 17.5. The number of hydrogen-bond donors (Lipinski definition) is 4. The van der Waals surface area contributed by atoms with E-state index in [4.69, 9.17) is 4.74 Å². The van der Waals surface area contributed by atoms with Gasteiger partial charge in [0.05, 0.1) is 18.0 Å². The van der Waals surface area contributed by atoms with E-state index in [1.807, 2.05) is 50.2 Å². The molecule has 5 rings (SSSR count). The van der Waals surface area contributed by atoms with E-state index in [-0.39, 0.29) is 23.8 Å². The quantitative estimate of drug-likeness (QED) is 0.163. The number of sulfonamides is 1. The van der Waals surface area contributed by atoms with Crippen molar-refractivity contribution in [3.63, 3.8) is 0 Å². The summed E-state index contributed by atoms with van der Waals surface area (Å²) >= 11 is 0. The average Bonchev–Trinajstić information content (AvgIpc) is 3.03. The largest absolute Gasteiger partial charge is 0.449 e. The third kappa shape index (κ3) is 7.40. The Balaban J connectivity index is 1.21. The number of carbonyl (C=O) groups excluding carboxylic acids is 2. The van der Waals surface area contributed by atoms with Crippen LogP contribution < -0.4 is 25.8 Å². The second-order valence-electron chi connectivity index (χ2n) is 11.6. The van der Waals surface area contributed by atoms with Crippen molar-refractivity contribution < 1.29 is 22.7 Å². The van der Waals surface area contributed by atoms with E-state index in [1.54, 1.807) is 37.5 Å². The highest BCUT2D eigenvalue weighted by atomic mass is 32.2. The Labute approximate surface area is 268 Å². The van der Waals surface area contributed by atoms with E-state index in [0.29, 0.717) is 42.0 Å². The van der Waals surface area contributed by atoms with Gasteiger partial charge in [0.2, 0.25) is 10.0 Å². The normalized spacial score (nSPS) is 15.6. The van der Waals surface area contributed by atoms with Crippen LogP contribution in [0.15, 0.2) is 71.7 Å². The van der Waals surface area contributed by atoms with Crippen molar-refractivity contribution in [2.75, 3.05) is 40.9 Å². The molecule has 0 bridgehead atoms. The zero-order chi connectivity index (χ0) is 32.8. The number of benzene rings is 3. The number of aromatic nitrogens is 1. The van der Waals surface area contributed by atoms with Crippen LogP contribution in [0.4, 0.5) is 21.9 Å². The van der Waals surface area contributed by atoms with Crippen molar-refractivity contribution >= 4 is 50.2 Å². The van der Waals surface area contributed by atoms with E-state index < -0.39 is 22.2 Å². The number of rotatable bonds is 11. The minimum Gasteiger partial charge on any atom is -0.449 e. The Morgan fingerprint density at radius 2 is 1.87 bits per heavy atom. The second-order valence-corrected chi connectivity index (χ2v) is 13.6. The molecule has 0 spiro atoms. The summed E-state index contributed by atoms with van der Waals surface area (Å²) in [6.07, 6.45) is 3.26. The van der Waals surface area contributed by atoms with E-state index in [9.17, 15) is 22.8 Å². The zero-order valence-electron chi connectivity index (χ0n) is 26.1. The highest BCUT2D eigenvalue weighted by Crippen LogP contribution is 2.30. The van der Waals surface area contributed by atoms with Crippen molar-refractivity contribution in [2.45, 2.75) is 45.2 Å². The number of H-pyrrole nitrogens is 1. The molecule has 11 nitrogen and oxygen atoms in total. The first-order chi connectivity index (χ1) is 22.1. The van der Waals surface area contributed by atoms with Crippen molar-refractivity contribution in [2.24, 2.45) is 0 Å². The van der Waals surface area contributed by atoms with Gasteiger partial charge in [0.15, 0.2) is 0 Å². The van der Waals surface area contributed by atoms with E-state index in [2.05, 4.69) is 20.9 Å². The van der Waals surface area contributed by atoms with Gasteiger partial charge in [-0.2, -0.15) is 0 Å². The lowest BCUT2D eigenvalue weighted by Gasteiger charge is -2.30. The van der Waals surface area contributed by atoms with Crippen LogP contribution in [0.5, 0.6) is 0 Å². The van der Waals surface area contributed by atoms with Gasteiger partial charge in [-0.25, -0.2) is 13.2 Å². The molecule has 0 radical (unpaired) electrons. The summed E-state index contributed by atoms with van der Waals surface area (Å²) in [4.78, 5) is 39.7. The number of pyridine rings is 1. The number of ether oxygens (including phenoxy) is 1. The van der Waals surface area contributed by atoms with Crippen LogP contribution in [0.3, 0.4) is 0 Å². The minimum atomic E-state index is -3.37. The molecule has 0 saturated carbocycles. The maximum Gasteiger partial charge on any atom is 0.411 e. The summed E-state index contributed by atoms with van der Waals surface area (Å²) in [7, 11) is -1.59. The van der Waals surface area contributed by atoms with Gasteiger partial charge in [0, 0.05) is 42.0 Å². The summed E-state index contributed by atoms with van der Waals surface area (Å²) in [5.41, 5.74) is 5.01. The monoisotopic (exact) mass is 645 g/mol. The fraction of sp³-hybridized carbons (Fsp3) is 0.324. The molecule has 1 saturated heterocycles. The van der Waals surface area contributed by atoms with Crippen LogP contribution in [0.2, 0.25) is 0 Å². The van der Waals surface area contributed by atoms with Gasteiger partial charge in [-0.1, -0.05) is 31.2 Å². The van der Waals surface area contributed by atoms with Gasteiger partial charge in [-0.05, 0) is 90.9 Å². The molecule has 2 atom stereocenters. The first kappa shape index (κ1) is 32.7. The number of anilines is 3. The molecule has 1 aromatic heterocycles. The van der Waals surface area contributed by atoms with E-state index in [1.165, 1.54) is 4.31 Å². The molecule has 1 fully saturated rings. The van der Waals surface area contributed by atoms with Crippen LogP contribution >= 0.6 is 0 Å². The molecular weight excluding hydrogens is 606 g/mol. The number of hydrogen-bond acceptors (Lipinski definition) is 8. The molecule has 3 aromatic carbocycles. The lowest BCUT2D eigenvalue weighted by atomic mass is 9.93. The topological polar surface area (TPSA) is 150 Å². The molecule has 242 valence electrons. The summed E-state index contributed by atoms with van der Waals surface area (Å²) in [5, 5.41) is 10.4. The minimum absolute atomic E-state index is 0.124. The molecule has 46 heavy (non-hydrogen) atoms. The number of fused-ring (bicyclic) bond motifs is 1. The fourth-order valence-electron chi connectivity index (χ4n) is 5.84. The Morgan fingerprint density at radius 1 is 1.07 bits per heavy atom. The molecule has 12 heteroatoms. The number of nitrogens with one attached hydrogen (secondary N) is 4. The average molecular weight is 646 g/mol.